The molecule has 84 valence electrons. The van der Waals surface area contributed by atoms with E-state index in [2.05, 4.69) is 9.97 Å². The van der Waals surface area contributed by atoms with Crippen molar-refractivity contribution in [2.75, 3.05) is 12.3 Å². The fourth-order valence-corrected chi connectivity index (χ4v) is 1.36. The molecule has 1 aromatic heterocycles. The highest BCUT2D eigenvalue weighted by Gasteiger charge is 2.09. The van der Waals surface area contributed by atoms with E-state index in [9.17, 15) is 10.2 Å². The Kier molecular flexibility index (Phi) is 2.40. The van der Waals surface area contributed by atoms with E-state index in [-0.39, 0.29) is 0 Å². The molecule has 0 fully saturated rings. The Balaban J connectivity index is 2.65. The largest absolute Gasteiger partial charge is 0.492 e. The van der Waals surface area contributed by atoms with Crippen molar-refractivity contribution in [1.29, 1.82) is 0 Å². The minimum absolute atomic E-state index is 0.399. The van der Waals surface area contributed by atoms with E-state index in [1.54, 1.807) is 6.07 Å². The van der Waals surface area contributed by atoms with E-state index < -0.39 is 11.8 Å². The Morgan fingerprint density at radius 1 is 1.19 bits per heavy atom. The molecule has 4 N–H and O–H groups in total. The van der Waals surface area contributed by atoms with Crippen LogP contribution in [0.1, 0.15) is 6.92 Å². The second kappa shape index (κ2) is 3.73. The average molecular weight is 221 g/mol. The van der Waals surface area contributed by atoms with Crippen LogP contribution in [-0.2, 0) is 0 Å². The normalized spacial score (nSPS) is 10.6. The molecule has 0 aliphatic carbocycles. The van der Waals surface area contributed by atoms with E-state index in [0.717, 1.165) is 0 Å². The van der Waals surface area contributed by atoms with E-state index in [1.807, 2.05) is 6.92 Å². The second-order valence-electron chi connectivity index (χ2n) is 3.18. The molecule has 6 nitrogen and oxygen atoms in total. The highest BCUT2D eigenvalue weighted by Crippen LogP contribution is 2.29. The molecule has 2 rings (SSSR count). The average Bonchev–Trinajstić information content (AvgIpc) is 2.23. The maximum Gasteiger partial charge on any atom is 0.276 e. The molecule has 0 bridgehead atoms. The van der Waals surface area contributed by atoms with Gasteiger partial charge in [0.15, 0.2) is 0 Å². The number of nitrogens with zero attached hydrogens (tertiary/aromatic N) is 2. The molecule has 0 atom stereocenters. The van der Waals surface area contributed by atoms with Gasteiger partial charge < -0.3 is 20.7 Å². The summed E-state index contributed by atoms with van der Waals surface area (Å²) in [6.07, 6.45) is 0. The van der Waals surface area contributed by atoms with Crippen molar-refractivity contribution in [3.63, 3.8) is 0 Å². The molecule has 0 aliphatic heterocycles. The Labute approximate surface area is 91.3 Å². The Morgan fingerprint density at radius 3 is 2.31 bits per heavy atom. The molecule has 1 aromatic carbocycles. The van der Waals surface area contributed by atoms with Crippen molar-refractivity contribution in [2.24, 2.45) is 0 Å². The molecule has 6 heteroatoms. The highest BCUT2D eigenvalue weighted by atomic mass is 16.5. The van der Waals surface area contributed by atoms with E-state index in [1.165, 1.54) is 6.07 Å². The topological polar surface area (TPSA) is 101 Å². The highest BCUT2D eigenvalue weighted by molar-refractivity contribution is 5.82. The van der Waals surface area contributed by atoms with Gasteiger partial charge in [0.1, 0.15) is 5.75 Å². The van der Waals surface area contributed by atoms with Gasteiger partial charge in [-0.15, -0.1) is 0 Å². The van der Waals surface area contributed by atoms with E-state index in [4.69, 9.17) is 10.5 Å². The lowest BCUT2D eigenvalue weighted by Crippen LogP contribution is -1.98. The van der Waals surface area contributed by atoms with Gasteiger partial charge in [-0.05, 0) is 13.0 Å². The maximum atomic E-state index is 9.21. The number of nitrogens with two attached hydrogens (primary N) is 1. The van der Waals surface area contributed by atoms with Gasteiger partial charge in [0, 0.05) is 6.07 Å². The lowest BCUT2D eigenvalue weighted by atomic mass is 10.2. The molecule has 0 unspecified atom stereocenters. The summed E-state index contributed by atoms with van der Waals surface area (Å²) in [7, 11) is 0. The SMILES string of the molecule is CCOc1cc2nc(O)c(O)nc2cc1N. The molecule has 0 saturated heterocycles. The van der Waals surface area contributed by atoms with Crippen molar-refractivity contribution < 1.29 is 14.9 Å². The third-order valence-electron chi connectivity index (χ3n) is 2.06. The quantitative estimate of drug-likeness (QED) is 0.654. The minimum atomic E-state index is -0.518. The number of fused-ring (bicyclic) bond motifs is 1. The number of aromatic hydroxyl groups is 2. The van der Waals surface area contributed by atoms with Crippen LogP contribution in [0, 0.1) is 0 Å². The van der Waals surface area contributed by atoms with Crippen LogP contribution in [0.2, 0.25) is 0 Å². The number of anilines is 1. The van der Waals surface area contributed by atoms with Crippen LogP contribution in [0.4, 0.5) is 5.69 Å². The molecular formula is C10H11N3O3. The lowest BCUT2D eigenvalue weighted by molar-refractivity contribution is 0.342. The Bertz CT molecular complexity index is 542. The lowest BCUT2D eigenvalue weighted by Gasteiger charge is -2.08. The van der Waals surface area contributed by atoms with E-state index in [0.29, 0.717) is 29.1 Å². The molecular weight excluding hydrogens is 210 g/mol. The maximum absolute atomic E-state index is 9.21. The molecule has 0 amide bonds. The van der Waals surface area contributed by atoms with Crippen molar-refractivity contribution in [1.82, 2.24) is 9.97 Å². The van der Waals surface area contributed by atoms with Crippen molar-refractivity contribution in [3.05, 3.63) is 12.1 Å². The van der Waals surface area contributed by atoms with Crippen molar-refractivity contribution in [2.45, 2.75) is 6.92 Å². The molecule has 16 heavy (non-hydrogen) atoms. The van der Waals surface area contributed by atoms with Crippen LogP contribution in [0.5, 0.6) is 17.5 Å². The predicted molar refractivity (Wildman–Crippen MR) is 58.4 cm³/mol. The van der Waals surface area contributed by atoms with Gasteiger partial charge in [0.05, 0.1) is 23.3 Å². The van der Waals surface area contributed by atoms with Gasteiger partial charge >= 0.3 is 0 Å². The first kappa shape index (κ1) is 10.3. The van der Waals surface area contributed by atoms with Crippen molar-refractivity contribution in [3.8, 4) is 17.5 Å². The number of hydrogen-bond donors (Lipinski definition) is 3. The number of ether oxygens (including phenoxy) is 1. The number of hydrogen-bond acceptors (Lipinski definition) is 6. The van der Waals surface area contributed by atoms with Crippen LogP contribution >= 0.6 is 0 Å². The minimum Gasteiger partial charge on any atom is -0.492 e. The smallest absolute Gasteiger partial charge is 0.276 e. The molecule has 0 spiro atoms. The zero-order valence-corrected chi connectivity index (χ0v) is 8.64. The summed E-state index contributed by atoms with van der Waals surface area (Å²) in [5, 5.41) is 18.4. The van der Waals surface area contributed by atoms with Gasteiger partial charge in [-0.2, -0.15) is 0 Å². The summed E-state index contributed by atoms with van der Waals surface area (Å²) in [6.45, 7) is 2.32. The fraction of sp³-hybridized carbons (Fsp3) is 0.200. The molecule has 0 aliphatic rings. The summed E-state index contributed by atoms with van der Waals surface area (Å²) in [6, 6.07) is 3.10. The number of benzene rings is 1. The molecule has 0 radical (unpaired) electrons. The van der Waals surface area contributed by atoms with Crippen molar-refractivity contribution >= 4 is 16.7 Å². The van der Waals surface area contributed by atoms with Crippen LogP contribution in [0.25, 0.3) is 11.0 Å². The first-order valence-corrected chi connectivity index (χ1v) is 4.73. The van der Waals surface area contributed by atoms with Gasteiger partial charge in [0.2, 0.25) is 0 Å². The second-order valence-corrected chi connectivity index (χ2v) is 3.18. The van der Waals surface area contributed by atoms with Crippen LogP contribution in [0.3, 0.4) is 0 Å². The first-order chi connectivity index (χ1) is 7.61. The standard InChI is InChI=1S/C10H11N3O3/c1-2-16-8-4-7-6(3-5(8)11)12-9(14)10(15)13-7/h3-4H,2,11H2,1H3,(H,12,14)(H,13,15). The summed E-state index contributed by atoms with van der Waals surface area (Å²) in [5.74, 6) is -0.551. The van der Waals surface area contributed by atoms with Gasteiger partial charge in [-0.3, -0.25) is 0 Å². The third kappa shape index (κ3) is 1.65. The van der Waals surface area contributed by atoms with Crippen LogP contribution < -0.4 is 10.5 Å². The van der Waals surface area contributed by atoms with E-state index >= 15 is 0 Å². The van der Waals surface area contributed by atoms with Crippen LogP contribution in [0.15, 0.2) is 12.1 Å². The summed E-state index contributed by atoms with van der Waals surface area (Å²) < 4.78 is 5.28. The van der Waals surface area contributed by atoms with Gasteiger partial charge in [-0.25, -0.2) is 9.97 Å². The number of aromatic nitrogens is 2. The predicted octanol–water partition coefficient (Wildman–Crippen LogP) is 1.02. The third-order valence-corrected chi connectivity index (χ3v) is 2.06. The first-order valence-electron chi connectivity index (χ1n) is 4.73. The Morgan fingerprint density at radius 2 is 1.75 bits per heavy atom. The Hall–Kier alpha value is -2.24. The molecule has 0 saturated carbocycles. The monoisotopic (exact) mass is 221 g/mol. The summed E-state index contributed by atoms with van der Waals surface area (Å²) in [4.78, 5) is 7.51. The molecule has 1 heterocycles. The van der Waals surface area contributed by atoms with Crippen LogP contribution in [-0.4, -0.2) is 26.8 Å². The zero-order valence-electron chi connectivity index (χ0n) is 8.64. The van der Waals surface area contributed by atoms with Gasteiger partial charge in [-0.1, -0.05) is 0 Å². The van der Waals surface area contributed by atoms with Gasteiger partial charge in [0.25, 0.3) is 11.8 Å². The summed E-state index contributed by atoms with van der Waals surface area (Å²) >= 11 is 0. The molecule has 2 aromatic rings. The fourth-order valence-electron chi connectivity index (χ4n) is 1.36. The zero-order chi connectivity index (χ0) is 11.7. The number of nitrogen functional groups attached to an aromatic ring is 1. The summed E-state index contributed by atoms with van der Waals surface area (Å²) in [5.41, 5.74) is 6.94. The number of rotatable bonds is 2.